The van der Waals surface area contributed by atoms with Gasteiger partial charge in [-0.3, -0.25) is 0 Å². The summed E-state index contributed by atoms with van der Waals surface area (Å²) >= 11 is 0. The lowest BCUT2D eigenvalue weighted by Gasteiger charge is -2.22. The number of nitrogens with one attached hydrogen (secondary N) is 1. The Labute approximate surface area is 141 Å². The number of aromatic nitrogens is 3. The fourth-order valence-electron chi connectivity index (χ4n) is 3.50. The van der Waals surface area contributed by atoms with Crippen LogP contribution in [-0.4, -0.2) is 27.7 Å². The van der Waals surface area contributed by atoms with Crippen LogP contribution in [0.1, 0.15) is 32.1 Å². The van der Waals surface area contributed by atoms with Crippen molar-refractivity contribution >= 4 is 16.9 Å². The average Bonchev–Trinajstić information content (AvgIpc) is 3.07. The van der Waals surface area contributed by atoms with Gasteiger partial charge in [0.1, 0.15) is 11.6 Å². The molecule has 0 aliphatic heterocycles. The molecule has 2 aromatic heterocycles. The van der Waals surface area contributed by atoms with Crippen molar-refractivity contribution in [2.24, 2.45) is 0 Å². The molecule has 0 bridgehead atoms. The molecule has 24 heavy (non-hydrogen) atoms. The predicted octanol–water partition coefficient (Wildman–Crippen LogP) is 4.17. The molecule has 5 heteroatoms. The maximum Gasteiger partial charge on any atom is 0.224 e. The molecule has 0 saturated heterocycles. The largest absolute Gasteiger partial charge is 0.496 e. The second kappa shape index (κ2) is 6.51. The third-order valence-corrected chi connectivity index (χ3v) is 4.74. The molecule has 1 fully saturated rings. The summed E-state index contributed by atoms with van der Waals surface area (Å²) in [5.74, 6) is 2.46. The minimum atomic E-state index is 0.496. The highest BCUT2D eigenvalue weighted by Crippen LogP contribution is 2.28. The van der Waals surface area contributed by atoms with Gasteiger partial charge in [-0.05, 0) is 37.1 Å². The summed E-state index contributed by atoms with van der Waals surface area (Å²) in [7, 11) is 1.70. The van der Waals surface area contributed by atoms with Gasteiger partial charge >= 0.3 is 0 Å². The smallest absolute Gasteiger partial charge is 0.224 e. The second-order valence-electron chi connectivity index (χ2n) is 6.30. The van der Waals surface area contributed by atoms with Crippen LogP contribution < -0.4 is 10.1 Å². The summed E-state index contributed by atoms with van der Waals surface area (Å²) in [4.78, 5) is 9.11. The van der Waals surface area contributed by atoms with Crippen molar-refractivity contribution in [1.82, 2.24) is 14.5 Å². The monoisotopic (exact) mass is 322 g/mol. The van der Waals surface area contributed by atoms with Gasteiger partial charge < -0.3 is 14.6 Å². The molecule has 0 atom stereocenters. The molecule has 3 aromatic rings. The summed E-state index contributed by atoms with van der Waals surface area (Å²) in [5, 5.41) is 4.58. The Kier molecular flexibility index (Phi) is 4.07. The van der Waals surface area contributed by atoms with Gasteiger partial charge in [-0.25, -0.2) is 4.98 Å². The number of nitrogens with zero attached hydrogens (tertiary/aromatic N) is 3. The van der Waals surface area contributed by atoms with E-state index in [2.05, 4.69) is 27.0 Å². The molecule has 124 valence electrons. The Balaban J connectivity index is 1.66. The van der Waals surface area contributed by atoms with E-state index in [4.69, 9.17) is 9.72 Å². The van der Waals surface area contributed by atoms with E-state index < -0.39 is 0 Å². The summed E-state index contributed by atoms with van der Waals surface area (Å²) in [5.41, 5.74) is 1.08. The molecular weight excluding hydrogens is 300 g/mol. The van der Waals surface area contributed by atoms with Crippen molar-refractivity contribution in [3.63, 3.8) is 0 Å². The Hall–Kier alpha value is -2.56. The Morgan fingerprint density at radius 3 is 2.83 bits per heavy atom. The molecule has 1 aromatic carbocycles. The Morgan fingerprint density at radius 2 is 2.00 bits per heavy atom. The fraction of sp³-hybridized carbons (Fsp3) is 0.368. The third kappa shape index (κ3) is 2.82. The van der Waals surface area contributed by atoms with E-state index in [0.29, 0.717) is 12.0 Å². The van der Waals surface area contributed by atoms with Gasteiger partial charge in [-0.2, -0.15) is 4.98 Å². The SMILES string of the molecule is COc1cccc2c1ccn2-c1ccnc(NC2CCCCC2)n1. The highest BCUT2D eigenvalue weighted by Gasteiger charge is 2.15. The molecule has 0 amide bonds. The number of methoxy groups -OCH3 is 1. The van der Waals surface area contributed by atoms with Gasteiger partial charge in [0.05, 0.1) is 12.6 Å². The van der Waals surface area contributed by atoms with E-state index in [1.165, 1.54) is 32.1 Å². The zero-order valence-corrected chi connectivity index (χ0v) is 13.9. The van der Waals surface area contributed by atoms with Crippen molar-refractivity contribution in [2.75, 3.05) is 12.4 Å². The van der Waals surface area contributed by atoms with Gasteiger partial charge in [0.15, 0.2) is 0 Å². The summed E-state index contributed by atoms with van der Waals surface area (Å²) in [6.45, 7) is 0. The van der Waals surface area contributed by atoms with E-state index in [1.807, 2.05) is 30.6 Å². The van der Waals surface area contributed by atoms with Gasteiger partial charge in [0, 0.05) is 23.8 Å². The molecule has 1 aliphatic rings. The first-order valence-electron chi connectivity index (χ1n) is 8.59. The molecule has 0 unspecified atom stereocenters. The van der Waals surface area contributed by atoms with Crippen LogP contribution in [0.25, 0.3) is 16.7 Å². The maximum atomic E-state index is 5.44. The van der Waals surface area contributed by atoms with Crippen LogP contribution in [0, 0.1) is 0 Å². The summed E-state index contributed by atoms with van der Waals surface area (Å²) in [6.07, 6.45) is 10.2. The van der Waals surface area contributed by atoms with E-state index in [-0.39, 0.29) is 0 Å². The topological polar surface area (TPSA) is 52.0 Å². The zero-order chi connectivity index (χ0) is 16.4. The third-order valence-electron chi connectivity index (χ3n) is 4.74. The number of rotatable bonds is 4. The van der Waals surface area contributed by atoms with E-state index in [9.17, 15) is 0 Å². The number of hydrogen-bond acceptors (Lipinski definition) is 4. The van der Waals surface area contributed by atoms with Crippen molar-refractivity contribution in [2.45, 2.75) is 38.1 Å². The van der Waals surface area contributed by atoms with Crippen LogP contribution in [-0.2, 0) is 0 Å². The number of benzene rings is 1. The van der Waals surface area contributed by atoms with Crippen molar-refractivity contribution in [1.29, 1.82) is 0 Å². The zero-order valence-electron chi connectivity index (χ0n) is 13.9. The van der Waals surface area contributed by atoms with Crippen molar-refractivity contribution in [3.8, 4) is 11.6 Å². The second-order valence-corrected chi connectivity index (χ2v) is 6.30. The standard InChI is InChI=1S/C19H22N4O/c1-24-17-9-5-8-16-15(17)11-13-23(16)18-10-12-20-19(22-18)21-14-6-3-2-4-7-14/h5,8-14H,2-4,6-7H2,1H3,(H,20,21,22). The molecule has 2 heterocycles. The average molecular weight is 322 g/mol. The van der Waals surface area contributed by atoms with Gasteiger partial charge in [0.2, 0.25) is 5.95 Å². The first-order valence-corrected chi connectivity index (χ1v) is 8.59. The predicted molar refractivity (Wildman–Crippen MR) is 95.9 cm³/mol. The summed E-state index contributed by atoms with van der Waals surface area (Å²) < 4.78 is 7.52. The minimum absolute atomic E-state index is 0.496. The number of fused-ring (bicyclic) bond motifs is 1. The minimum Gasteiger partial charge on any atom is -0.496 e. The van der Waals surface area contributed by atoms with E-state index in [1.54, 1.807) is 7.11 Å². The van der Waals surface area contributed by atoms with Crippen LogP contribution in [0.4, 0.5) is 5.95 Å². The van der Waals surface area contributed by atoms with E-state index >= 15 is 0 Å². The van der Waals surface area contributed by atoms with Crippen molar-refractivity contribution < 1.29 is 4.74 Å². The first-order chi connectivity index (χ1) is 11.8. The fourth-order valence-corrected chi connectivity index (χ4v) is 3.50. The maximum absolute atomic E-state index is 5.44. The van der Waals surface area contributed by atoms with Crippen LogP contribution >= 0.6 is 0 Å². The quantitative estimate of drug-likeness (QED) is 0.783. The highest BCUT2D eigenvalue weighted by atomic mass is 16.5. The molecule has 1 saturated carbocycles. The summed E-state index contributed by atoms with van der Waals surface area (Å²) in [6, 6.07) is 10.5. The number of anilines is 1. The number of hydrogen-bond donors (Lipinski definition) is 1. The molecule has 0 radical (unpaired) electrons. The molecular formula is C19H22N4O. The van der Waals surface area contributed by atoms with Gasteiger partial charge in [-0.15, -0.1) is 0 Å². The molecule has 1 N–H and O–H groups in total. The number of ether oxygens (including phenoxy) is 1. The van der Waals surface area contributed by atoms with Gasteiger partial charge in [-0.1, -0.05) is 25.3 Å². The van der Waals surface area contributed by atoms with Gasteiger partial charge in [0.25, 0.3) is 0 Å². The van der Waals surface area contributed by atoms with Crippen molar-refractivity contribution in [3.05, 3.63) is 42.7 Å². The lowest BCUT2D eigenvalue weighted by molar-refractivity contribution is 0.420. The lowest BCUT2D eigenvalue weighted by atomic mass is 9.96. The molecule has 5 nitrogen and oxygen atoms in total. The Morgan fingerprint density at radius 1 is 1.12 bits per heavy atom. The molecule has 4 rings (SSSR count). The van der Waals surface area contributed by atoms with Crippen LogP contribution in [0.5, 0.6) is 5.75 Å². The normalized spacial score (nSPS) is 15.5. The lowest BCUT2D eigenvalue weighted by Crippen LogP contribution is -2.23. The van der Waals surface area contributed by atoms with Crippen LogP contribution in [0.2, 0.25) is 0 Å². The van der Waals surface area contributed by atoms with Crippen LogP contribution in [0.15, 0.2) is 42.7 Å². The highest BCUT2D eigenvalue weighted by molar-refractivity contribution is 5.87. The molecule has 1 aliphatic carbocycles. The molecule has 0 spiro atoms. The van der Waals surface area contributed by atoms with E-state index in [0.717, 1.165) is 22.5 Å². The van der Waals surface area contributed by atoms with Crippen LogP contribution in [0.3, 0.4) is 0 Å². The Bertz CT molecular complexity index is 836. The first kappa shape index (κ1) is 15.0.